The van der Waals surface area contributed by atoms with Crippen molar-refractivity contribution in [2.45, 2.75) is 76.8 Å². The molecule has 3 amide bonds. The van der Waals surface area contributed by atoms with E-state index in [1.165, 1.54) is 0 Å². The predicted octanol–water partition coefficient (Wildman–Crippen LogP) is 1.59. The molecule has 1 spiro atoms. The fourth-order valence-electron chi connectivity index (χ4n) is 6.36. The Morgan fingerprint density at radius 3 is 2.50 bits per heavy atom. The largest absolute Gasteiger partial charge is 0.394 e. The first-order chi connectivity index (χ1) is 16.2. The Kier molecular flexibility index (Phi) is 6.93. The minimum absolute atomic E-state index is 0.00372. The number of carbonyl (C=O) groups is 3. The van der Waals surface area contributed by atoms with Crippen LogP contribution in [-0.4, -0.2) is 94.1 Å². The van der Waals surface area contributed by atoms with E-state index in [1.54, 1.807) is 16.8 Å². The lowest BCUT2D eigenvalue weighted by molar-refractivity contribution is -0.153. The monoisotopic (exact) mass is 473 g/mol. The van der Waals surface area contributed by atoms with Crippen LogP contribution in [0.25, 0.3) is 0 Å². The maximum absolute atomic E-state index is 14.2. The molecule has 0 bridgehead atoms. The number of nitrogens with zero attached hydrogens (tertiary/aromatic N) is 3. The number of fused-ring (bicyclic) bond motifs is 2. The minimum atomic E-state index is -1.23. The molecule has 8 heteroatoms. The van der Waals surface area contributed by atoms with Gasteiger partial charge in [0, 0.05) is 26.2 Å². The van der Waals surface area contributed by atoms with Crippen molar-refractivity contribution in [1.82, 2.24) is 14.7 Å². The molecule has 2 unspecified atom stereocenters. The predicted molar refractivity (Wildman–Crippen MR) is 128 cm³/mol. The van der Waals surface area contributed by atoms with Crippen molar-refractivity contribution in [3.05, 3.63) is 24.3 Å². The second-order valence-electron chi connectivity index (χ2n) is 10.4. The van der Waals surface area contributed by atoms with Gasteiger partial charge in [-0.25, -0.2) is 0 Å². The SMILES string of the molecule is CCCC(C)N1CC=C[C@]23O[C@@H]4C=CCN(C)C(=O)[C@@H]4[C@H]2C(=O)N([C@@H](CO)[C@@H](C)CC)C3C1=O. The second kappa shape index (κ2) is 9.46. The van der Waals surface area contributed by atoms with Crippen molar-refractivity contribution in [2.75, 3.05) is 26.7 Å². The summed E-state index contributed by atoms with van der Waals surface area (Å²) in [6, 6.07) is -1.43. The molecule has 4 rings (SSSR count). The van der Waals surface area contributed by atoms with Crippen LogP contribution in [0.3, 0.4) is 0 Å². The maximum atomic E-state index is 14.2. The van der Waals surface area contributed by atoms with E-state index in [0.29, 0.717) is 13.1 Å². The summed E-state index contributed by atoms with van der Waals surface area (Å²) < 4.78 is 6.61. The lowest BCUT2D eigenvalue weighted by Crippen LogP contribution is -2.60. The summed E-state index contributed by atoms with van der Waals surface area (Å²) in [5.41, 5.74) is -1.23. The molecule has 4 aliphatic rings. The third kappa shape index (κ3) is 3.61. The highest BCUT2D eigenvalue weighted by molar-refractivity contribution is 6.00. The highest BCUT2D eigenvalue weighted by atomic mass is 16.5. The van der Waals surface area contributed by atoms with E-state index in [2.05, 4.69) is 6.92 Å². The zero-order valence-electron chi connectivity index (χ0n) is 21.0. The van der Waals surface area contributed by atoms with Gasteiger partial charge in [0.1, 0.15) is 11.6 Å². The first-order valence-corrected chi connectivity index (χ1v) is 12.7. The van der Waals surface area contributed by atoms with Crippen molar-refractivity contribution >= 4 is 17.7 Å². The number of aliphatic hydroxyl groups excluding tert-OH is 1. The molecule has 8 atom stereocenters. The molecule has 0 aliphatic carbocycles. The Morgan fingerprint density at radius 2 is 1.85 bits per heavy atom. The lowest BCUT2D eigenvalue weighted by atomic mass is 9.77. The molecule has 0 aromatic heterocycles. The van der Waals surface area contributed by atoms with E-state index in [9.17, 15) is 19.5 Å². The summed E-state index contributed by atoms with van der Waals surface area (Å²) in [6.07, 6.45) is 9.53. The summed E-state index contributed by atoms with van der Waals surface area (Å²) in [5, 5.41) is 10.4. The molecule has 0 aromatic rings. The lowest BCUT2D eigenvalue weighted by Gasteiger charge is -2.41. The minimum Gasteiger partial charge on any atom is -0.394 e. The van der Waals surface area contributed by atoms with Crippen molar-refractivity contribution in [3.63, 3.8) is 0 Å². The number of hydrogen-bond acceptors (Lipinski definition) is 5. The Morgan fingerprint density at radius 1 is 1.12 bits per heavy atom. The highest BCUT2D eigenvalue weighted by Gasteiger charge is 2.72. The zero-order valence-corrected chi connectivity index (χ0v) is 21.0. The van der Waals surface area contributed by atoms with Crippen molar-refractivity contribution in [1.29, 1.82) is 0 Å². The fraction of sp³-hybridized carbons (Fsp3) is 0.731. The van der Waals surface area contributed by atoms with Gasteiger partial charge in [-0.05, 0) is 19.3 Å². The molecule has 0 radical (unpaired) electrons. The second-order valence-corrected chi connectivity index (χ2v) is 10.4. The zero-order chi connectivity index (χ0) is 24.8. The molecule has 8 nitrogen and oxygen atoms in total. The van der Waals surface area contributed by atoms with Gasteiger partial charge in [-0.3, -0.25) is 14.4 Å². The molecule has 0 saturated carbocycles. The Labute approximate surface area is 202 Å². The van der Waals surface area contributed by atoms with Crippen LogP contribution in [0.4, 0.5) is 0 Å². The van der Waals surface area contributed by atoms with Gasteiger partial charge in [-0.15, -0.1) is 0 Å². The number of likely N-dealkylation sites (N-methyl/N-ethyl adjacent to an activating group) is 1. The first kappa shape index (κ1) is 24.9. The van der Waals surface area contributed by atoms with E-state index in [4.69, 9.17) is 4.74 Å². The summed E-state index contributed by atoms with van der Waals surface area (Å²) in [4.78, 5) is 46.8. The van der Waals surface area contributed by atoms with Crippen LogP contribution in [-0.2, 0) is 19.1 Å². The average molecular weight is 474 g/mol. The smallest absolute Gasteiger partial charge is 0.249 e. The van der Waals surface area contributed by atoms with Crippen molar-refractivity contribution in [3.8, 4) is 0 Å². The molecular formula is C26H39N3O5. The highest BCUT2D eigenvalue weighted by Crippen LogP contribution is 2.54. The molecule has 2 saturated heterocycles. The van der Waals surface area contributed by atoms with Crippen LogP contribution in [0, 0.1) is 17.8 Å². The van der Waals surface area contributed by atoms with Crippen molar-refractivity contribution < 1.29 is 24.2 Å². The molecule has 4 heterocycles. The van der Waals surface area contributed by atoms with Gasteiger partial charge in [-0.1, -0.05) is 57.9 Å². The number of ether oxygens (including phenoxy) is 1. The van der Waals surface area contributed by atoms with Gasteiger partial charge in [0.05, 0.1) is 30.6 Å². The van der Waals surface area contributed by atoms with E-state index >= 15 is 0 Å². The topological polar surface area (TPSA) is 90.4 Å². The van der Waals surface area contributed by atoms with E-state index in [1.807, 2.05) is 50.0 Å². The number of amides is 3. The van der Waals surface area contributed by atoms with Crippen LogP contribution in [0.15, 0.2) is 24.3 Å². The van der Waals surface area contributed by atoms with Crippen LogP contribution < -0.4 is 0 Å². The number of rotatable bonds is 7. The molecule has 4 aliphatic heterocycles. The summed E-state index contributed by atoms with van der Waals surface area (Å²) >= 11 is 0. The molecule has 34 heavy (non-hydrogen) atoms. The van der Waals surface area contributed by atoms with Gasteiger partial charge < -0.3 is 24.5 Å². The van der Waals surface area contributed by atoms with Gasteiger partial charge in [0.25, 0.3) is 0 Å². The van der Waals surface area contributed by atoms with Gasteiger partial charge >= 0.3 is 0 Å². The summed E-state index contributed by atoms with van der Waals surface area (Å²) in [7, 11) is 1.73. The Balaban J connectivity index is 1.86. The molecule has 2 fully saturated rings. The Bertz CT molecular complexity index is 888. The van der Waals surface area contributed by atoms with Crippen LogP contribution in [0.2, 0.25) is 0 Å². The van der Waals surface area contributed by atoms with E-state index in [0.717, 1.165) is 19.3 Å². The van der Waals surface area contributed by atoms with Crippen LogP contribution in [0.1, 0.15) is 47.0 Å². The molecular weight excluding hydrogens is 434 g/mol. The number of aliphatic hydroxyl groups is 1. The molecule has 1 N–H and O–H groups in total. The summed E-state index contributed by atoms with van der Waals surface area (Å²) in [5.74, 6) is -2.09. The van der Waals surface area contributed by atoms with E-state index < -0.39 is 35.6 Å². The summed E-state index contributed by atoms with van der Waals surface area (Å²) in [6.45, 7) is 8.76. The quantitative estimate of drug-likeness (QED) is 0.567. The van der Waals surface area contributed by atoms with Gasteiger partial charge in [0.15, 0.2) is 0 Å². The third-order valence-corrected chi connectivity index (χ3v) is 8.41. The third-order valence-electron chi connectivity index (χ3n) is 8.41. The van der Waals surface area contributed by atoms with Gasteiger partial charge in [-0.2, -0.15) is 0 Å². The average Bonchev–Trinajstić information content (AvgIpc) is 3.13. The van der Waals surface area contributed by atoms with Gasteiger partial charge in [0.2, 0.25) is 17.7 Å². The van der Waals surface area contributed by atoms with Crippen LogP contribution in [0.5, 0.6) is 0 Å². The van der Waals surface area contributed by atoms with Crippen molar-refractivity contribution in [2.24, 2.45) is 17.8 Å². The van der Waals surface area contributed by atoms with E-state index in [-0.39, 0.29) is 36.3 Å². The molecule has 188 valence electrons. The number of hydrogen-bond donors (Lipinski definition) is 1. The Hall–Kier alpha value is -2.19. The number of likely N-dealkylation sites (tertiary alicyclic amines) is 1. The fourth-order valence-corrected chi connectivity index (χ4v) is 6.36. The maximum Gasteiger partial charge on any atom is 0.249 e. The first-order valence-electron chi connectivity index (χ1n) is 12.7. The molecule has 0 aromatic carbocycles. The number of carbonyl (C=O) groups excluding carboxylic acids is 3. The van der Waals surface area contributed by atoms with Crippen LogP contribution >= 0.6 is 0 Å². The normalized spacial score (nSPS) is 35.6. The standard InChI is InChI=1S/C26H39N3O5/c1-6-10-17(4)28-14-9-12-26-21(20-19(34-26)11-8-13-27(5)23(20)31)24(32)29(22(26)25(28)33)18(15-30)16(3)7-2/h8-9,11-12,16-22,30H,6-7,10,13-15H2,1-5H3/t16-,17?,18-,19+,20-,21-,22?,26-/m0/s1.